The summed E-state index contributed by atoms with van der Waals surface area (Å²) in [4.78, 5) is 0. The molecule has 0 unspecified atom stereocenters. The summed E-state index contributed by atoms with van der Waals surface area (Å²) in [7, 11) is 0. The van der Waals surface area contributed by atoms with Gasteiger partial charge < -0.3 is 25.2 Å². The highest BCUT2D eigenvalue weighted by Crippen LogP contribution is 2.21. The molecule has 22 heavy (non-hydrogen) atoms. The highest BCUT2D eigenvalue weighted by molar-refractivity contribution is 5.83. The van der Waals surface area contributed by atoms with Crippen molar-refractivity contribution in [3.05, 3.63) is 30.0 Å². The number of ether oxygens (including phenoxy) is 1. The van der Waals surface area contributed by atoms with E-state index in [1.165, 1.54) is 0 Å². The normalized spacial score (nSPS) is 31.7. The van der Waals surface area contributed by atoms with Crippen LogP contribution in [0.2, 0.25) is 0 Å². The number of aliphatic hydroxyl groups is 4. The lowest BCUT2D eigenvalue weighted by Crippen LogP contribution is -2.58. The van der Waals surface area contributed by atoms with Crippen molar-refractivity contribution in [3.63, 3.8) is 0 Å². The SMILES string of the molecule is OC[C@H]1O[C@H](C#Cc2cccc3cn[nH]c23)[C@@H](O)[C@@H](O)[C@@H]1O. The first-order chi connectivity index (χ1) is 10.6. The fourth-order valence-electron chi connectivity index (χ4n) is 2.44. The van der Waals surface area contributed by atoms with Crippen molar-refractivity contribution in [2.24, 2.45) is 0 Å². The number of aromatic amines is 1. The first-order valence-electron chi connectivity index (χ1n) is 6.86. The minimum Gasteiger partial charge on any atom is -0.394 e. The van der Waals surface area contributed by atoms with Crippen LogP contribution in [-0.2, 0) is 4.74 Å². The van der Waals surface area contributed by atoms with Crippen LogP contribution in [0.4, 0.5) is 0 Å². The van der Waals surface area contributed by atoms with Crippen molar-refractivity contribution >= 4 is 10.9 Å². The smallest absolute Gasteiger partial charge is 0.147 e. The third kappa shape index (κ3) is 2.59. The summed E-state index contributed by atoms with van der Waals surface area (Å²) in [6.45, 7) is -0.473. The zero-order valence-corrected chi connectivity index (χ0v) is 11.5. The van der Waals surface area contributed by atoms with Gasteiger partial charge in [-0.1, -0.05) is 24.0 Å². The second kappa shape index (κ2) is 6.04. The Morgan fingerprint density at radius 2 is 2.00 bits per heavy atom. The van der Waals surface area contributed by atoms with Crippen LogP contribution in [0.1, 0.15) is 5.56 Å². The fraction of sp³-hybridized carbons (Fsp3) is 0.400. The Bertz CT molecular complexity index is 717. The molecule has 1 fully saturated rings. The monoisotopic (exact) mass is 304 g/mol. The Morgan fingerprint density at radius 3 is 2.77 bits per heavy atom. The van der Waals surface area contributed by atoms with Gasteiger partial charge in [0.1, 0.15) is 30.5 Å². The molecule has 0 amide bonds. The van der Waals surface area contributed by atoms with Gasteiger partial charge in [-0.2, -0.15) is 5.10 Å². The molecular formula is C15H16N2O5. The molecule has 1 saturated heterocycles. The molecule has 1 aliphatic heterocycles. The molecule has 2 aromatic rings. The molecule has 7 nitrogen and oxygen atoms in total. The molecule has 0 aliphatic carbocycles. The van der Waals surface area contributed by atoms with Gasteiger partial charge in [-0.15, -0.1) is 0 Å². The number of rotatable bonds is 1. The highest BCUT2D eigenvalue weighted by atomic mass is 16.5. The van der Waals surface area contributed by atoms with Crippen LogP contribution in [0.3, 0.4) is 0 Å². The zero-order valence-electron chi connectivity index (χ0n) is 11.5. The quantitative estimate of drug-likeness (QED) is 0.420. The van der Waals surface area contributed by atoms with Crippen molar-refractivity contribution < 1.29 is 25.2 Å². The van der Waals surface area contributed by atoms with Crippen molar-refractivity contribution in [1.29, 1.82) is 0 Å². The van der Waals surface area contributed by atoms with Crippen molar-refractivity contribution in [2.45, 2.75) is 30.5 Å². The van der Waals surface area contributed by atoms with Crippen LogP contribution in [0, 0.1) is 11.8 Å². The van der Waals surface area contributed by atoms with Crippen LogP contribution in [-0.4, -0.2) is 67.8 Å². The van der Waals surface area contributed by atoms with E-state index in [-0.39, 0.29) is 0 Å². The van der Waals surface area contributed by atoms with Gasteiger partial charge in [0.2, 0.25) is 0 Å². The van der Waals surface area contributed by atoms with Gasteiger partial charge in [-0.3, -0.25) is 5.10 Å². The molecule has 0 radical (unpaired) electrons. The topological polar surface area (TPSA) is 119 Å². The van der Waals surface area contributed by atoms with Gasteiger partial charge >= 0.3 is 0 Å². The second-order valence-electron chi connectivity index (χ2n) is 5.16. The maximum Gasteiger partial charge on any atom is 0.147 e. The molecule has 2 heterocycles. The van der Waals surface area contributed by atoms with Gasteiger partial charge in [0, 0.05) is 5.39 Å². The number of hydrogen-bond acceptors (Lipinski definition) is 6. The van der Waals surface area contributed by atoms with E-state index in [2.05, 4.69) is 22.0 Å². The lowest BCUT2D eigenvalue weighted by atomic mass is 9.95. The van der Waals surface area contributed by atoms with Crippen molar-refractivity contribution in [1.82, 2.24) is 10.2 Å². The third-order valence-corrected chi connectivity index (χ3v) is 3.72. The first kappa shape index (κ1) is 15.0. The Morgan fingerprint density at radius 1 is 1.18 bits per heavy atom. The molecule has 1 aromatic heterocycles. The van der Waals surface area contributed by atoms with Crippen LogP contribution in [0.15, 0.2) is 24.4 Å². The number of benzene rings is 1. The van der Waals surface area contributed by atoms with Crippen molar-refractivity contribution in [2.75, 3.05) is 6.61 Å². The number of nitrogens with one attached hydrogen (secondary N) is 1. The Hall–Kier alpha value is -1.95. The van der Waals surface area contributed by atoms with E-state index < -0.39 is 37.1 Å². The number of nitrogens with zero attached hydrogens (tertiary/aromatic N) is 1. The van der Waals surface area contributed by atoms with E-state index in [0.29, 0.717) is 5.56 Å². The minimum atomic E-state index is -1.42. The molecule has 0 bridgehead atoms. The highest BCUT2D eigenvalue weighted by Gasteiger charge is 2.42. The number of para-hydroxylation sites is 1. The Balaban J connectivity index is 1.88. The molecule has 7 heteroatoms. The summed E-state index contributed by atoms with van der Waals surface area (Å²) in [6, 6.07) is 5.50. The van der Waals surface area contributed by atoms with E-state index in [0.717, 1.165) is 10.9 Å². The van der Waals surface area contributed by atoms with Crippen LogP contribution in [0.5, 0.6) is 0 Å². The van der Waals surface area contributed by atoms with E-state index in [9.17, 15) is 15.3 Å². The van der Waals surface area contributed by atoms with Crippen LogP contribution < -0.4 is 0 Å². The number of fused-ring (bicyclic) bond motifs is 1. The third-order valence-electron chi connectivity index (χ3n) is 3.72. The first-order valence-corrected chi connectivity index (χ1v) is 6.86. The summed E-state index contributed by atoms with van der Waals surface area (Å²) in [6.07, 6.45) is -4.45. The zero-order chi connectivity index (χ0) is 15.7. The standard InChI is InChI=1S/C15H16N2O5/c18-7-11-14(20)15(21)13(19)10(22-11)5-4-8-2-1-3-9-6-16-17-12(8)9/h1-3,6,10-11,13-15,18-21H,7H2,(H,16,17)/t10-,11-,13-,14-,15-/m1/s1. The molecule has 0 saturated carbocycles. The number of hydrogen-bond donors (Lipinski definition) is 5. The maximum absolute atomic E-state index is 9.93. The minimum absolute atomic E-state index is 0.473. The van der Waals surface area contributed by atoms with E-state index >= 15 is 0 Å². The molecular weight excluding hydrogens is 288 g/mol. The summed E-state index contributed by atoms with van der Waals surface area (Å²) in [5.41, 5.74) is 1.44. The van der Waals surface area contributed by atoms with Gasteiger partial charge in [0.05, 0.1) is 23.9 Å². The Labute approximate surface area is 126 Å². The molecule has 0 spiro atoms. The van der Waals surface area contributed by atoms with Crippen LogP contribution in [0.25, 0.3) is 10.9 Å². The second-order valence-corrected chi connectivity index (χ2v) is 5.16. The number of aromatic nitrogens is 2. The average Bonchev–Trinajstić information content (AvgIpc) is 3.01. The number of aliphatic hydroxyl groups excluding tert-OH is 4. The van der Waals surface area contributed by atoms with Crippen LogP contribution >= 0.6 is 0 Å². The van der Waals surface area contributed by atoms with Gasteiger partial charge in [0.15, 0.2) is 0 Å². The summed E-state index contributed by atoms with van der Waals surface area (Å²) < 4.78 is 5.34. The van der Waals surface area contributed by atoms with Gasteiger partial charge in [-0.25, -0.2) is 0 Å². The summed E-state index contributed by atoms with van der Waals surface area (Å²) in [5, 5.41) is 46.2. The van der Waals surface area contributed by atoms with Gasteiger partial charge in [-0.05, 0) is 6.07 Å². The molecule has 1 aromatic carbocycles. The summed E-state index contributed by atoms with van der Waals surface area (Å²) in [5.74, 6) is 5.61. The molecule has 5 atom stereocenters. The lowest BCUT2D eigenvalue weighted by molar-refractivity contribution is -0.214. The van der Waals surface area contributed by atoms with Crippen molar-refractivity contribution in [3.8, 4) is 11.8 Å². The molecule has 3 rings (SSSR count). The van der Waals surface area contributed by atoms with E-state index in [1.54, 1.807) is 12.3 Å². The van der Waals surface area contributed by atoms with Gasteiger partial charge in [0.25, 0.3) is 0 Å². The molecule has 116 valence electrons. The Kier molecular flexibility index (Phi) is 4.11. The fourth-order valence-corrected chi connectivity index (χ4v) is 2.44. The average molecular weight is 304 g/mol. The molecule has 5 N–H and O–H groups in total. The predicted octanol–water partition coefficient (Wildman–Crippen LogP) is -1.24. The summed E-state index contributed by atoms with van der Waals surface area (Å²) >= 11 is 0. The maximum atomic E-state index is 9.93. The van der Waals surface area contributed by atoms with E-state index in [1.807, 2.05) is 12.1 Å². The molecule has 1 aliphatic rings. The number of H-pyrrole nitrogens is 1. The largest absolute Gasteiger partial charge is 0.394 e. The van der Waals surface area contributed by atoms with E-state index in [4.69, 9.17) is 9.84 Å². The lowest BCUT2D eigenvalue weighted by Gasteiger charge is -2.37. The predicted molar refractivity (Wildman–Crippen MR) is 76.7 cm³/mol.